The molecule has 1 aromatic carbocycles. The molecule has 24 heavy (non-hydrogen) atoms. The Labute approximate surface area is 140 Å². The number of pyridine rings is 1. The van der Waals surface area contributed by atoms with Crippen LogP contribution in [0.5, 0.6) is 0 Å². The minimum atomic E-state index is -0.569. The Balaban J connectivity index is 2.02. The first-order valence-corrected chi connectivity index (χ1v) is 7.92. The number of benzene rings is 1. The molecule has 1 aromatic heterocycles. The highest BCUT2D eigenvalue weighted by atomic mass is 19.1. The minimum absolute atomic E-state index is 0.0551. The highest BCUT2D eigenvalue weighted by molar-refractivity contribution is 6.04. The summed E-state index contributed by atoms with van der Waals surface area (Å²) < 4.78 is 13.6. The summed E-state index contributed by atoms with van der Waals surface area (Å²) in [6.07, 6.45) is 4.42. The standard InChI is InChI=1S/C18H20FN3O2/c1-2-3-6-10-21-17(23)13-9-11-20-16(12-13)18(24)22-15-8-5-4-7-14(15)19/h4-5,7-9,11-12H,2-3,6,10H2,1H3,(H,21,23)(H,22,24). The average Bonchev–Trinajstić information content (AvgIpc) is 2.60. The highest BCUT2D eigenvalue weighted by Crippen LogP contribution is 2.13. The molecule has 126 valence electrons. The van der Waals surface area contributed by atoms with Crippen molar-refractivity contribution in [1.82, 2.24) is 10.3 Å². The van der Waals surface area contributed by atoms with Gasteiger partial charge >= 0.3 is 0 Å². The Hall–Kier alpha value is -2.76. The first kappa shape index (κ1) is 17.6. The van der Waals surface area contributed by atoms with Crippen LogP contribution in [0.4, 0.5) is 10.1 Å². The zero-order chi connectivity index (χ0) is 17.4. The van der Waals surface area contributed by atoms with Gasteiger partial charge in [0.05, 0.1) is 5.69 Å². The molecule has 0 saturated heterocycles. The van der Waals surface area contributed by atoms with Gasteiger partial charge in [0.15, 0.2) is 0 Å². The van der Waals surface area contributed by atoms with Crippen molar-refractivity contribution in [1.29, 1.82) is 0 Å². The topological polar surface area (TPSA) is 71.1 Å². The number of nitrogens with one attached hydrogen (secondary N) is 2. The molecule has 0 aliphatic carbocycles. The van der Waals surface area contributed by atoms with Gasteiger partial charge in [-0.3, -0.25) is 14.6 Å². The molecule has 2 amide bonds. The van der Waals surface area contributed by atoms with E-state index >= 15 is 0 Å². The summed E-state index contributed by atoms with van der Waals surface area (Å²) >= 11 is 0. The lowest BCUT2D eigenvalue weighted by Crippen LogP contribution is -2.25. The van der Waals surface area contributed by atoms with Crippen LogP contribution in [-0.2, 0) is 0 Å². The van der Waals surface area contributed by atoms with E-state index < -0.39 is 11.7 Å². The summed E-state index contributed by atoms with van der Waals surface area (Å²) in [6, 6.07) is 8.79. The van der Waals surface area contributed by atoms with Crippen LogP contribution < -0.4 is 10.6 Å². The maximum absolute atomic E-state index is 13.6. The number of halogens is 1. The fraction of sp³-hybridized carbons (Fsp3) is 0.278. The zero-order valence-corrected chi connectivity index (χ0v) is 13.5. The van der Waals surface area contributed by atoms with Gasteiger partial charge < -0.3 is 10.6 Å². The molecule has 0 aliphatic heterocycles. The second-order valence-corrected chi connectivity index (χ2v) is 5.33. The predicted molar refractivity (Wildman–Crippen MR) is 90.4 cm³/mol. The number of carbonyl (C=O) groups is 2. The van der Waals surface area contributed by atoms with Gasteiger partial charge in [0.2, 0.25) is 0 Å². The van der Waals surface area contributed by atoms with E-state index in [1.54, 1.807) is 6.07 Å². The molecule has 0 bridgehead atoms. The van der Waals surface area contributed by atoms with Gasteiger partial charge in [-0.25, -0.2) is 4.39 Å². The number of rotatable bonds is 7. The first-order valence-electron chi connectivity index (χ1n) is 7.92. The molecule has 0 saturated carbocycles. The smallest absolute Gasteiger partial charge is 0.274 e. The SMILES string of the molecule is CCCCCNC(=O)c1ccnc(C(=O)Nc2ccccc2F)c1. The number of unbranched alkanes of at least 4 members (excludes halogenated alkanes) is 2. The van der Waals surface area contributed by atoms with Crippen LogP contribution in [0.25, 0.3) is 0 Å². The van der Waals surface area contributed by atoms with Crippen molar-refractivity contribution in [3.63, 3.8) is 0 Å². The van der Waals surface area contributed by atoms with Crippen molar-refractivity contribution in [2.24, 2.45) is 0 Å². The van der Waals surface area contributed by atoms with Gasteiger partial charge in [0.25, 0.3) is 11.8 Å². The molecule has 5 nitrogen and oxygen atoms in total. The summed E-state index contributed by atoms with van der Waals surface area (Å²) in [5.41, 5.74) is 0.471. The number of carbonyl (C=O) groups excluding carboxylic acids is 2. The fourth-order valence-electron chi connectivity index (χ4n) is 2.12. The zero-order valence-electron chi connectivity index (χ0n) is 13.5. The van der Waals surface area contributed by atoms with E-state index in [1.807, 2.05) is 0 Å². The largest absolute Gasteiger partial charge is 0.352 e. The summed E-state index contributed by atoms with van der Waals surface area (Å²) in [7, 11) is 0. The molecule has 0 radical (unpaired) electrons. The number of nitrogens with zero attached hydrogens (tertiary/aromatic N) is 1. The molecule has 0 spiro atoms. The summed E-state index contributed by atoms with van der Waals surface area (Å²) in [5, 5.41) is 5.24. The van der Waals surface area contributed by atoms with Crippen molar-refractivity contribution < 1.29 is 14.0 Å². The van der Waals surface area contributed by atoms with Gasteiger partial charge in [-0.1, -0.05) is 31.9 Å². The lowest BCUT2D eigenvalue weighted by atomic mass is 10.2. The Kier molecular flexibility index (Phi) is 6.42. The van der Waals surface area contributed by atoms with Crippen LogP contribution >= 0.6 is 0 Å². The van der Waals surface area contributed by atoms with E-state index in [9.17, 15) is 14.0 Å². The highest BCUT2D eigenvalue weighted by Gasteiger charge is 2.13. The van der Waals surface area contributed by atoms with E-state index in [4.69, 9.17) is 0 Å². The van der Waals surface area contributed by atoms with E-state index in [2.05, 4.69) is 22.5 Å². The van der Waals surface area contributed by atoms with Crippen LogP contribution in [-0.4, -0.2) is 23.3 Å². The van der Waals surface area contributed by atoms with Gasteiger partial charge in [-0.05, 0) is 30.7 Å². The summed E-state index contributed by atoms with van der Waals surface area (Å²) in [4.78, 5) is 28.2. The number of anilines is 1. The molecule has 0 unspecified atom stereocenters. The van der Waals surface area contributed by atoms with Crippen LogP contribution in [0.2, 0.25) is 0 Å². The molecule has 1 heterocycles. The monoisotopic (exact) mass is 329 g/mol. The number of hydrogen-bond acceptors (Lipinski definition) is 3. The lowest BCUT2D eigenvalue weighted by Gasteiger charge is -2.08. The Morgan fingerprint density at radius 1 is 1.12 bits per heavy atom. The maximum Gasteiger partial charge on any atom is 0.274 e. The molecule has 0 fully saturated rings. The number of para-hydroxylation sites is 1. The minimum Gasteiger partial charge on any atom is -0.352 e. The van der Waals surface area contributed by atoms with Crippen LogP contribution in [0.15, 0.2) is 42.6 Å². The normalized spacial score (nSPS) is 10.2. The summed E-state index contributed by atoms with van der Waals surface area (Å²) in [5.74, 6) is -1.36. The van der Waals surface area contributed by atoms with Crippen molar-refractivity contribution in [2.75, 3.05) is 11.9 Å². The third kappa shape index (κ3) is 4.87. The quantitative estimate of drug-likeness (QED) is 0.765. The second kappa shape index (κ2) is 8.76. The first-order chi connectivity index (χ1) is 11.6. The van der Waals surface area contributed by atoms with Crippen LogP contribution in [0.1, 0.15) is 47.0 Å². The van der Waals surface area contributed by atoms with E-state index in [0.717, 1.165) is 19.3 Å². The molecule has 6 heteroatoms. The number of hydrogen-bond donors (Lipinski definition) is 2. The molecular weight excluding hydrogens is 309 g/mol. The third-order valence-electron chi connectivity index (χ3n) is 3.44. The summed E-state index contributed by atoms with van der Waals surface area (Å²) in [6.45, 7) is 2.68. The molecule has 0 aliphatic rings. The van der Waals surface area contributed by atoms with Gasteiger partial charge in [0, 0.05) is 18.3 Å². The molecule has 2 N–H and O–H groups in total. The number of amides is 2. The predicted octanol–water partition coefficient (Wildman–Crippen LogP) is 3.39. The molecule has 2 rings (SSSR count). The van der Waals surface area contributed by atoms with Crippen LogP contribution in [0.3, 0.4) is 0 Å². The van der Waals surface area contributed by atoms with Crippen molar-refractivity contribution in [3.05, 3.63) is 59.7 Å². The van der Waals surface area contributed by atoms with E-state index in [1.165, 1.54) is 36.5 Å². The van der Waals surface area contributed by atoms with E-state index in [-0.39, 0.29) is 17.3 Å². The number of aromatic nitrogens is 1. The third-order valence-corrected chi connectivity index (χ3v) is 3.44. The average molecular weight is 329 g/mol. The van der Waals surface area contributed by atoms with Gasteiger partial charge in [-0.15, -0.1) is 0 Å². The fourth-order valence-corrected chi connectivity index (χ4v) is 2.12. The Morgan fingerprint density at radius 2 is 1.92 bits per heavy atom. The van der Waals surface area contributed by atoms with Gasteiger partial charge in [0.1, 0.15) is 11.5 Å². The molecule has 2 aromatic rings. The lowest BCUT2D eigenvalue weighted by molar-refractivity contribution is 0.0953. The second-order valence-electron chi connectivity index (χ2n) is 5.33. The van der Waals surface area contributed by atoms with E-state index in [0.29, 0.717) is 12.1 Å². The maximum atomic E-state index is 13.6. The van der Waals surface area contributed by atoms with Crippen molar-refractivity contribution in [2.45, 2.75) is 26.2 Å². The van der Waals surface area contributed by atoms with Crippen LogP contribution in [0, 0.1) is 5.82 Å². The molecule has 0 atom stereocenters. The Bertz CT molecular complexity index is 719. The Morgan fingerprint density at radius 3 is 2.67 bits per heavy atom. The molecular formula is C18H20FN3O2. The van der Waals surface area contributed by atoms with Gasteiger partial charge in [-0.2, -0.15) is 0 Å². The van der Waals surface area contributed by atoms with Crippen molar-refractivity contribution in [3.8, 4) is 0 Å². The van der Waals surface area contributed by atoms with Crippen molar-refractivity contribution >= 4 is 17.5 Å².